The fourth-order valence-corrected chi connectivity index (χ4v) is 2.94. The van der Waals surface area contributed by atoms with E-state index in [4.69, 9.17) is 4.18 Å². The Morgan fingerprint density at radius 3 is 2.47 bits per heavy atom. The molecule has 0 N–H and O–H groups in total. The number of amides is 1. The molecule has 0 bridgehead atoms. The minimum absolute atomic E-state index is 0.0124. The zero-order valence-corrected chi connectivity index (χ0v) is 11.8. The van der Waals surface area contributed by atoms with Crippen LogP contribution in [-0.4, -0.2) is 38.9 Å². The van der Waals surface area contributed by atoms with E-state index in [2.05, 4.69) is 0 Å². The molecule has 0 unspecified atom stereocenters. The number of hydrogen-bond donors (Lipinski definition) is 0. The van der Waals surface area contributed by atoms with Crippen LogP contribution in [0.2, 0.25) is 0 Å². The lowest BCUT2D eigenvalue weighted by Gasteiger charge is -2.19. The maximum Gasteiger partial charge on any atom is 0.297 e. The van der Waals surface area contributed by atoms with Crippen LogP contribution >= 0.6 is 0 Å². The van der Waals surface area contributed by atoms with E-state index in [9.17, 15) is 13.2 Å². The molecule has 0 saturated carbocycles. The molecule has 1 heterocycles. The van der Waals surface area contributed by atoms with Crippen molar-refractivity contribution in [3.8, 4) is 0 Å². The van der Waals surface area contributed by atoms with Crippen molar-refractivity contribution in [1.29, 1.82) is 0 Å². The Bertz CT molecular complexity index is 565. The van der Waals surface area contributed by atoms with Gasteiger partial charge in [0.2, 0.25) is 5.91 Å². The highest BCUT2D eigenvalue weighted by molar-refractivity contribution is 7.86. The normalized spacial score (nSPS) is 20.0. The summed E-state index contributed by atoms with van der Waals surface area (Å²) in [4.78, 5) is 13.0. The molecule has 104 valence electrons. The molecule has 0 radical (unpaired) electrons. The van der Waals surface area contributed by atoms with Crippen molar-refractivity contribution in [1.82, 2.24) is 4.90 Å². The number of likely N-dealkylation sites (tertiary alicyclic amines) is 1. The summed E-state index contributed by atoms with van der Waals surface area (Å²) in [5, 5.41) is 0. The van der Waals surface area contributed by atoms with Crippen LogP contribution in [0.4, 0.5) is 0 Å². The smallest absolute Gasteiger partial charge is 0.297 e. The highest BCUT2D eigenvalue weighted by Crippen LogP contribution is 2.19. The Kier molecular flexibility index (Phi) is 3.91. The number of carbonyl (C=O) groups excluding carboxylic acids is 1. The summed E-state index contributed by atoms with van der Waals surface area (Å²) in [6, 6.07) is 6.33. The first-order valence-electron chi connectivity index (χ1n) is 6.12. The average molecular weight is 283 g/mol. The largest absolute Gasteiger partial charge is 0.340 e. The van der Waals surface area contributed by atoms with Gasteiger partial charge in [0, 0.05) is 13.5 Å². The summed E-state index contributed by atoms with van der Waals surface area (Å²) in [5.41, 5.74) is 0.986. The van der Waals surface area contributed by atoms with Crippen LogP contribution in [0.1, 0.15) is 18.4 Å². The van der Waals surface area contributed by atoms with Gasteiger partial charge in [-0.25, -0.2) is 0 Å². The molecule has 0 aliphatic carbocycles. The fourth-order valence-electron chi connectivity index (χ4n) is 2.00. The van der Waals surface area contributed by atoms with Gasteiger partial charge in [-0.15, -0.1) is 0 Å². The number of rotatable bonds is 4. The van der Waals surface area contributed by atoms with Crippen LogP contribution in [0.15, 0.2) is 29.2 Å². The van der Waals surface area contributed by atoms with Crippen molar-refractivity contribution in [2.45, 2.75) is 30.7 Å². The summed E-state index contributed by atoms with van der Waals surface area (Å²) < 4.78 is 29.0. The first-order chi connectivity index (χ1) is 8.90. The lowest BCUT2D eigenvalue weighted by molar-refractivity contribution is -0.127. The minimum Gasteiger partial charge on any atom is -0.340 e. The van der Waals surface area contributed by atoms with Crippen LogP contribution in [0, 0.1) is 6.92 Å². The Morgan fingerprint density at radius 2 is 1.95 bits per heavy atom. The third kappa shape index (κ3) is 3.13. The second-order valence-corrected chi connectivity index (χ2v) is 6.36. The number of aryl methyl sites for hydroxylation is 1. The van der Waals surface area contributed by atoms with Crippen LogP contribution in [0.3, 0.4) is 0 Å². The van der Waals surface area contributed by atoms with E-state index in [-0.39, 0.29) is 23.5 Å². The van der Waals surface area contributed by atoms with E-state index in [1.807, 2.05) is 6.92 Å². The van der Waals surface area contributed by atoms with E-state index in [0.717, 1.165) is 5.56 Å². The number of benzene rings is 1. The summed E-state index contributed by atoms with van der Waals surface area (Å²) in [6.07, 6.45) is 1.09. The molecule has 1 aliphatic rings. The molecule has 5 nitrogen and oxygen atoms in total. The van der Waals surface area contributed by atoms with Crippen molar-refractivity contribution in [2.75, 3.05) is 13.7 Å². The van der Waals surface area contributed by atoms with Crippen LogP contribution < -0.4 is 0 Å². The van der Waals surface area contributed by atoms with Crippen molar-refractivity contribution < 1.29 is 17.4 Å². The van der Waals surface area contributed by atoms with E-state index < -0.39 is 10.1 Å². The highest BCUT2D eigenvalue weighted by Gasteiger charge is 2.29. The molecule has 1 saturated heterocycles. The van der Waals surface area contributed by atoms with Gasteiger partial charge in [0.05, 0.1) is 17.5 Å². The van der Waals surface area contributed by atoms with Crippen LogP contribution in [0.25, 0.3) is 0 Å². The van der Waals surface area contributed by atoms with E-state index in [1.165, 1.54) is 12.1 Å². The van der Waals surface area contributed by atoms with Crippen molar-refractivity contribution in [3.63, 3.8) is 0 Å². The molecule has 2 rings (SSSR count). The van der Waals surface area contributed by atoms with Crippen LogP contribution in [0.5, 0.6) is 0 Å². The van der Waals surface area contributed by atoms with Gasteiger partial charge in [-0.1, -0.05) is 17.7 Å². The summed E-state index contributed by atoms with van der Waals surface area (Å²) in [6.45, 7) is 1.90. The van der Waals surface area contributed by atoms with Gasteiger partial charge in [0.1, 0.15) is 0 Å². The monoisotopic (exact) mass is 283 g/mol. The highest BCUT2D eigenvalue weighted by atomic mass is 32.2. The third-order valence-corrected chi connectivity index (χ3v) is 4.65. The standard InChI is InChI=1S/C13H17NO4S/c1-10-3-6-12(7-4-10)19(16,17)18-9-11-5-8-13(15)14(11)2/h3-4,6-7,11H,5,8-9H2,1-2H3/t11-/m0/s1. The Labute approximate surface area is 113 Å². The predicted molar refractivity (Wildman–Crippen MR) is 70.1 cm³/mol. The predicted octanol–water partition coefficient (Wildman–Crippen LogP) is 1.32. The van der Waals surface area contributed by atoms with Crippen LogP contribution in [-0.2, 0) is 19.1 Å². The van der Waals surface area contributed by atoms with Crippen molar-refractivity contribution in [2.24, 2.45) is 0 Å². The first kappa shape index (κ1) is 14.0. The van der Waals surface area contributed by atoms with Gasteiger partial charge in [0.15, 0.2) is 0 Å². The second kappa shape index (κ2) is 5.30. The van der Waals surface area contributed by atoms with Gasteiger partial charge in [-0.3, -0.25) is 8.98 Å². The summed E-state index contributed by atoms with van der Waals surface area (Å²) >= 11 is 0. The molecule has 1 atom stereocenters. The lowest BCUT2D eigenvalue weighted by Crippen LogP contribution is -2.33. The second-order valence-electron chi connectivity index (χ2n) is 4.75. The van der Waals surface area contributed by atoms with Crippen molar-refractivity contribution in [3.05, 3.63) is 29.8 Å². The third-order valence-electron chi connectivity index (χ3n) is 3.36. The number of nitrogens with zero attached hydrogens (tertiary/aromatic N) is 1. The van der Waals surface area contributed by atoms with Crippen molar-refractivity contribution >= 4 is 16.0 Å². The molecular weight excluding hydrogens is 266 g/mol. The minimum atomic E-state index is -3.74. The lowest BCUT2D eigenvalue weighted by atomic mass is 10.2. The molecule has 0 spiro atoms. The SMILES string of the molecule is Cc1ccc(S(=O)(=O)OC[C@@H]2CCC(=O)N2C)cc1. The summed E-state index contributed by atoms with van der Waals surface area (Å²) in [7, 11) is -2.07. The van der Waals surface area contributed by atoms with Gasteiger partial charge in [-0.2, -0.15) is 8.42 Å². The molecule has 1 aromatic rings. The summed E-state index contributed by atoms with van der Waals surface area (Å²) in [5.74, 6) is 0.0290. The molecule has 1 amide bonds. The molecule has 0 aromatic heterocycles. The zero-order valence-electron chi connectivity index (χ0n) is 11.0. The molecule has 6 heteroatoms. The first-order valence-corrected chi connectivity index (χ1v) is 7.53. The van der Waals surface area contributed by atoms with E-state index in [0.29, 0.717) is 12.8 Å². The maximum absolute atomic E-state index is 12.0. The molecule has 1 aromatic carbocycles. The number of likely N-dealkylation sites (N-methyl/N-ethyl adjacent to an activating group) is 1. The Balaban J connectivity index is 2.02. The molecule has 1 fully saturated rings. The van der Waals surface area contributed by atoms with Gasteiger partial charge in [-0.05, 0) is 25.5 Å². The van der Waals surface area contributed by atoms with E-state index in [1.54, 1.807) is 24.1 Å². The number of carbonyl (C=O) groups is 1. The average Bonchev–Trinajstić information content (AvgIpc) is 2.68. The Morgan fingerprint density at radius 1 is 1.32 bits per heavy atom. The molecule has 1 aliphatic heterocycles. The topological polar surface area (TPSA) is 63.7 Å². The molecular formula is C13H17NO4S. The fraction of sp³-hybridized carbons (Fsp3) is 0.462. The zero-order chi connectivity index (χ0) is 14.0. The molecule has 19 heavy (non-hydrogen) atoms. The van der Waals surface area contributed by atoms with E-state index >= 15 is 0 Å². The van der Waals surface area contributed by atoms with Gasteiger partial charge in [0.25, 0.3) is 10.1 Å². The Hall–Kier alpha value is -1.40. The number of hydrogen-bond acceptors (Lipinski definition) is 4. The van der Waals surface area contributed by atoms with Gasteiger partial charge < -0.3 is 4.90 Å². The quantitative estimate of drug-likeness (QED) is 0.782. The maximum atomic E-state index is 12.0. The van der Waals surface area contributed by atoms with Gasteiger partial charge >= 0.3 is 0 Å².